The molecule has 0 radical (unpaired) electrons. The van der Waals surface area contributed by atoms with Gasteiger partial charge in [0.1, 0.15) is 72.1 Å². The van der Waals surface area contributed by atoms with Crippen molar-refractivity contribution in [1.82, 2.24) is 60.0 Å². The molecule has 7 heterocycles. The maximum atomic E-state index is 15.8. The number of nitrogens with zero attached hydrogens (tertiary/aromatic N) is 9. The highest BCUT2D eigenvalue weighted by molar-refractivity contribution is 6.01. The molecule has 30 heteroatoms. The average Bonchev–Trinajstić information content (AvgIpc) is 0.844. The predicted molar refractivity (Wildman–Crippen MR) is 392 cm³/mol. The molecule has 606 valence electrons. The second-order valence-electron chi connectivity index (χ2n) is 33.4. The normalized spacial score (nSPS) is 33.4. The summed E-state index contributed by atoms with van der Waals surface area (Å²) in [4.78, 5) is 194. The fourth-order valence-corrected chi connectivity index (χ4v) is 18.4. The molecule has 0 aromatic heterocycles. The number of alkyl halides is 5. The zero-order valence-corrected chi connectivity index (χ0v) is 65.9. The molecule has 0 aromatic rings. The fraction of sp³-hybridized carbons (Fsp3) is 0.795. The van der Waals surface area contributed by atoms with Crippen molar-refractivity contribution >= 4 is 70.9 Å². The molecule has 25 nitrogen and oxygen atoms in total. The molecule has 2 unspecified atom stereocenters. The summed E-state index contributed by atoms with van der Waals surface area (Å²) >= 11 is 0. The van der Waals surface area contributed by atoms with Crippen LogP contribution in [-0.4, -0.2) is 283 Å². The van der Waals surface area contributed by atoms with Crippen LogP contribution in [-0.2, 0) is 62.3 Å². The summed E-state index contributed by atoms with van der Waals surface area (Å²) < 4.78 is 79.2. The van der Waals surface area contributed by atoms with Gasteiger partial charge in [0.25, 0.3) is 0 Å². The fourth-order valence-electron chi connectivity index (χ4n) is 18.4. The Kier molecular flexibility index (Phi) is 29.7. The maximum absolute atomic E-state index is 15.8. The zero-order valence-electron chi connectivity index (χ0n) is 65.9. The first-order valence-electron chi connectivity index (χ1n) is 39.4. The van der Waals surface area contributed by atoms with Gasteiger partial charge in [-0.05, 0) is 158 Å². The Morgan fingerprint density at radius 3 is 1.88 bits per heavy atom. The van der Waals surface area contributed by atoms with Gasteiger partial charge in [0.05, 0.1) is 25.6 Å². The summed E-state index contributed by atoms with van der Waals surface area (Å²) in [5.41, 5.74) is -2.28. The first-order valence-corrected chi connectivity index (χ1v) is 39.4. The summed E-state index contributed by atoms with van der Waals surface area (Å²) in [5, 5.41) is 8.72. The molecule has 1 spiro atoms. The van der Waals surface area contributed by atoms with Crippen LogP contribution in [0.15, 0.2) is 24.3 Å². The van der Waals surface area contributed by atoms with Crippen molar-refractivity contribution in [1.29, 1.82) is 0 Å². The Labute approximate surface area is 634 Å². The lowest BCUT2D eigenvalue weighted by Crippen LogP contribution is -2.71. The van der Waals surface area contributed by atoms with Gasteiger partial charge >= 0.3 is 6.18 Å². The van der Waals surface area contributed by atoms with Crippen LogP contribution in [0.25, 0.3) is 0 Å². The van der Waals surface area contributed by atoms with E-state index in [1.54, 1.807) is 19.9 Å². The molecule has 4 saturated carbocycles. The van der Waals surface area contributed by atoms with Crippen molar-refractivity contribution in [2.75, 3.05) is 89.2 Å². The number of ether oxygens (including phenoxy) is 1. The van der Waals surface area contributed by atoms with Crippen molar-refractivity contribution < 1.29 is 84.2 Å². The van der Waals surface area contributed by atoms with Crippen LogP contribution in [0.4, 0.5) is 22.0 Å². The highest BCUT2D eigenvalue weighted by Crippen LogP contribution is 2.50. The minimum atomic E-state index is -5.18. The van der Waals surface area contributed by atoms with Crippen LogP contribution in [0.3, 0.4) is 0 Å². The smallest absolute Gasteiger partial charge is 0.377 e. The Hall–Kier alpha value is -7.27. The Bertz CT molecular complexity index is 3290. The lowest BCUT2D eigenvalue weighted by molar-refractivity contribution is -0.219. The van der Waals surface area contributed by atoms with Gasteiger partial charge < -0.3 is 64.8 Å². The van der Waals surface area contributed by atoms with E-state index in [0.717, 1.165) is 22.6 Å². The summed E-state index contributed by atoms with van der Waals surface area (Å²) in [7, 11) is 11.4. The summed E-state index contributed by atoms with van der Waals surface area (Å²) in [6.07, 6.45) is 1.63. The van der Waals surface area contributed by atoms with Gasteiger partial charge in [-0.1, -0.05) is 77.7 Å². The number of allylic oxidation sites excluding steroid dienone is 2. The minimum Gasteiger partial charge on any atom is -0.377 e. The SMILES string of the molecule is CCO[C@@H]1C[C@H]2C(=O)NC3(CC(C)(C)C3)C(=O)N(C)[C@@H](C3CCCC3)C(=O)N(C)[C@H](C(=O)N(C)C)CC(=O)N(C)[C@H]3CCCC/C=C/C4CCC(CC4)C[C@@H](C(=O)N(C)CC(=O)N[C@@H](CCC4CC(F)C(C(F)(F)F)C(F)C4)C(=O)N2C1)N1CC/C=C\C[C@@H](C1=O)N(C)C(=O)CN(C)C(=O)[C@H]([C@@H](C)CC)NC3=O. The van der Waals surface area contributed by atoms with Crippen molar-refractivity contribution in [3.63, 3.8) is 0 Å². The van der Waals surface area contributed by atoms with Gasteiger partial charge in [-0.15, -0.1) is 0 Å². The van der Waals surface area contributed by atoms with Gasteiger partial charge in [-0.3, -0.25) is 57.5 Å². The topological polar surface area (TPSA) is 279 Å². The molecule has 3 N–H and O–H groups in total. The molecule has 0 aromatic carbocycles. The first kappa shape index (κ1) is 86.3. The van der Waals surface area contributed by atoms with E-state index < -0.39 is 217 Å². The number of amides is 12. The van der Waals surface area contributed by atoms with E-state index in [1.165, 1.54) is 90.7 Å². The molecule has 12 atom stereocenters. The van der Waals surface area contributed by atoms with Crippen LogP contribution in [0.5, 0.6) is 0 Å². The second kappa shape index (κ2) is 37.2. The molecule has 108 heavy (non-hydrogen) atoms. The molecule has 4 aliphatic carbocycles. The number of hydrogen-bond acceptors (Lipinski definition) is 13. The molecule has 6 fully saturated rings. The van der Waals surface area contributed by atoms with E-state index >= 15 is 47.1 Å². The van der Waals surface area contributed by atoms with E-state index in [2.05, 4.69) is 28.1 Å². The highest BCUT2D eigenvalue weighted by atomic mass is 19.4. The van der Waals surface area contributed by atoms with Crippen molar-refractivity contribution in [2.24, 2.45) is 40.9 Å². The number of rotatable bonds is 9. The zero-order chi connectivity index (χ0) is 79.6. The third-order valence-corrected chi connectivity index (χ3v) is 24.7. The third-order valence-electron chi connectivity index (χ3n) is 24.7. The van der Waals surface area contributed by atoms with Crippen LogP contribution < -0.4 is 16.0 Å². The van der Waals surface area contributed by atoms with Gasteiger partial charge in [-0.25, -0.2) is 8.78 Å². The van der Waals surface area contributed by atoms with Crippen LogP contribution >= 0.6 is 0 Å². The minimum absolute atomic E-state index is 0.0131. The molecule has 12 amide bonds. The number of halogens is 5. The quantitative estimate of drug-likeness (QED) is 0.164. The molecule has 6 bridgehead atoms. The van der Waals surface area contributed by atoms with Gasteiger partial charge in [0.15, 0.2) is 0 Å². The lowest BCUT2D eigenvalue weighted by Gasteiger charge is -2.54. The summed E-state index contributed by atoms with van der Waals surface area (Å²) in [6, 6.07) is -10.7. The summed E-state index contributed by atoms with van der Waals surface area (Å²) in [6.45, 7) is 7.71. The van der Waals surface area contributed by atoms with Crippen molar-refractivity contribution in [2.45, 2.75) is 267 Å². The predicted octanol–water partition coefficient (Wildman–Crippen LogP) is 6.51. The van der Waals surface area contributed by atoms with Crippen molar-refractivity contribution in [3.8, 4) is 0 Å². The first-order chi connectivity index (χ1) is 50.8. The molecular formula is C78H121F5N12O13. The largest absolute Gasteiger partial charge is 0.397 e. The number of carbonyl (C=O) groups is 12. The van der Waals surface area contributed by atoms with Gasteiger partial charge in [0.2, 0.25) is 70.9 Å². The van der Waals surface area contributed by atoms with E-state index in [9.17, 15) is 32.3 Å². The number of likely N-dealkylation sites (N-methyl/N-ethyl adjacent to an activating group) is 7. The Balaban J connectivity index is 1.25. The van der Waals surface area contributed by atoms with Crippen molar-refractivity contribution in [3.05, 3.63) is 24.3 Å². The maximum Gasteiger partial charge on any atom is 0.397 e. The lowest BCUT2D eigenvalue weighted by atomic mass is 9.58. The van der Waals surface area contributed by atoms with Gasteiger partial charge in [0, 0.05) is 82.5 Å². The van der Waals surface area contributed by atoms with Gasteiger partial charge in [-0.2, -0.15) is 13.2 Å². The van der Waals surface area contributed by atoms with Crippen LogP contribution in [0.1, 0.15) is 189 Å². The van der Waals surface area contributed by atoms with E-state index in [1.807, 2.05) is 26.8 Å². The van der Waals surface area contributed by atoms with E-state index in [0.29, 0.717) is 70.6 Å². The number of hydrogen-bond donors (Lipinski definition) is 3. The Morgan fingerprint density at radius 1 is 0.639 bits per heavy atom. The molecule has 11 rings (SSSR count). The third kappa shape index (κ3) is 20.6. The molecule has 2 saturated heterocycles. The molecule has 11 aliphatic rings. The standard InChI is InChI=1S/C78H121F5N12O13/c1-14-47(3)65-73(105)89(9)44-63(98)91(11)57-29-21-18-24-36-94(72(57)104)60-39-49-32-30-48(31-33-49)25-19-16-17-20-28-56(67(99)85-65)90(10)62(97)41-59(70(102)87(6)7)92(12)74(106)66(51-26-22-23-27-51)93(13)75(107)77(45-76(4,5)46-77)86-68(100)58-40-52(108-15-2)42-95(58)69(101)55(84-61(96)43-88(8)71(60)103)35-34-50-37-53(79)64(54(80)38-50)78(81,82)83/h18-19,21,25,47-60,64-66H,14-17,20,22-24,26-46H2,1-13H3,(H,84,96)(H,85,99)(H,86,100)/b21-18-,25-19+/t47-,48?,49?,50?,52+,53?,54?,55-,56-,57-,58-,59-,60-,64?,65-,66-/m0/s1. The number of carbonyl (C=O) groups excluding carboxylic acids is 12. The molecular weight excluding hydrogens is 1410 g/mol. The van der Waals surface area contributed by atoms with Crippen LogP contribution in [0.2, 0.25) is 0 Å². The van der Waals surface area contributed by atoms with Crippen LogP contribution in [0, 0.1) is 40.9 Å². The molecule has 7 aliphatic heterocycles. The number of nitrogens with one attached hydrogen (secondary N) is 3. The van der Waals surface area contributed by atoms with E-state index in [4.69, 9.17) is 4.74 Å². The monoisotopic (exact) mass is 1530 g/mol. The summed E-state index contributed by atoms with van der Waals surface area (Å²) in [5.74, 6) is -13.3. The highest BCUT2D eigenvalue weighted by Gasteiger charge is 2.60. The second-order valence-corrected chi connectivity index (χ2v) is 33.4. The Morgan fingerprint density at radius 2 is 1.27 bits per heavy atom. The van der Waals surface area contributed by atoms with E-state index in [-0.39, 0.29) is 76.5 Å². The average molecular weight is 1530 g/mol.